The van der Waals surface area contributed by atoms with E-state index in [9.17, 15) is 0 Å². The zero-order valence-electron chi connectivity index (χ0n) is 8.97. The van der Waals surface area contributed by atoms with Crippen molar-refractivity contribution in [3.8, 4) is 11.3 Å². The normalized spacial score (nSPS) is 10.6. The van der Waals surface area contributed by atoms with Gasteiger partial charge in [0.15, 0.2) is 0 Å². The summed E-state index contributed by atoms with van der Waals surface area (Å²) in [6.45, 7) is 0. The van der Waals surface area contributed by atoms with Crippen molar-refractivity contribution >= 4 is 22.5 Å². The Balaban J connectivity index is 2.19. The SMILES string of the molecule is Clc1ccc2ccc(-c3ccncc3)nc2c1. The van der Waals surface area contributed by atoms with Crippen LogP contribution < -0.4 is 0 Å². The summed E-state index contributed by atoms with van der Waals surface area (Å²) in [4.78, 5) is 8.59. The van der Waals surface area contributed by atoms with Gasteiger partial charge in [0, 0.05) is 28.4 Å². The molecule has 2 heterocycles. The first-order valence-corrected chi connectivity index (χ1v) is 5.67. The van der Waals surface area contributed by atoms with Crippen molar-refractivity contribution < 1.29 is 0 Å². The van der Waals surface area contributed by atoms with E-state index in [0.717, 1.165) is 22.2 Å². The minimum absolute atomic E-state index is 0.705. The average molecular weight is 241 g/mol. The largest absolute Gasteiger partial charge is 0.265 e. The second kappa shape index (κ2) is 4.15. The highest BCUT2D eigenvalue weighted by atomic mass is 35.5. The van der Waals surface area contributed by atoms with Crippen LogP contribution in [0, 0.1) is 0 Å². The van der Waals surface area contributed by atoms with Gasteiger partial charge in [0.25, 0.3) is 0 Å². The van der Waals surface area contributed by atoms with Gasteiger partial charge in [-0.15, -0.1) is 0 Å². The highest BCUT2D eigenvalue weighted by Gasteiger charge is 2.01. The lowest BCUT2D eigenvalue weighted by Crippen LogP contribution is -1.85. The fraction of sp³-hybridized carbons (Fsp3) is 0. The Morgan fingerprint density at radius 3 is 2.47 bits per heavy atom. The summed E-state index contributed by atoms with van der Waals surface area (Å²) in [7, 11) is 0. The lowest BCUT2D eigenvalue weighted by atomic mass is 10.1. The monoisotopic (exact) mass is 240 g/mol. The third kappa shape index (κ3) is 1.99. The zero-order chi connectivity index (χ0) is 11.7. The minimum Gasteiger partial charge on any atom is -0.265 e. The molecule has 2 aromatic heterocycles. The molecular formula is C14H9ClN2. The molecule has 17 heavy (non-hydrogen) atoms. The summed E-state index contributed by atoms with van der Waals surface area (Å²) in [5.74, 6) is 0. The van der Waals surface area contributed by atoms with Gasteiger partial charge in [-0.25, -0.2) is 4.98 Å². The molecule has 3 aromatic rings. The number of fused-ring (bicyclic) bond motifs is 1. The van der Waals surface area contributed by atoms with Crippen molar-refractivity contribution in [3.05, 3.63) is 59.9 Å². The maximum atomic E-state index is 5.97. The van der Waals surface area contributed by atoms with Gasteiger partial charge in [-0.3, -0.25) is 4.98 Å². The van der Waals surface area contributed by atoms with E-state index in [-0.39, 0.29) is 0 Å². The number of halogens is 1. The van der Waals surface area contributed by atoms with Gasteiger partial charge >= 0.3 is 0 Å². The molecule has 1 aromatic carbocycles. The highest BCUT2D eigenvalue weighted by molar-refractivity contribution is 6.31. The molecule has 2 nitrogen and oxygen atoms in total. The van der Waals surface area contributed by atoms with Gasteiger partial charge in [-0.05, 0) is 30.3 Å². The molecule has 0 radical (unpaired) electrons. The number of aromatic nitrogens is 2. The number of nitrogens with zero attached hydrogens (tertiary/aromatic N) is 2. The molecule has 82 valence electrons. The van der Waals surface area contributed by atoms with Crippen molar-refractivity contribution in [1.82, 2.24) is 9.97 Å². The third-order valence-corrected chi connectivity index (χ3v) is 2.87. The zero-order valence-corrected chi connectivity index (χ0v) is 9.72. The smallest absolute Gasteiger partial charge is 0.0724 e. The number of hydrogen-bond acceptors (Lipinski definition) is 2. The standard InChI is InChI=1S/C14H9ClN2/c15-12-3-1-10-2-4-13(17-14(10)9-12)11-5-7-16-8-6-11/h1-9H. The Bertz CT molecular complexity index is 665. The molecule has 0 N–H and O–H groups in total. The molecule has 3 heteroatoms. The second-order valence-corrected chi connectivity index (χ2v) is 4.21. The Hall–Kier alpha value is -1.93. The summed E-state index contributed by atoms with van der Waals surface area (Å²) in [6.07, 6.45) is 3.53. The molecule has 0 aliphatic heterocycles. The van der Waals surface area contributed by atoms with Crippen molar-refractivity contribution in [2.24, 2.45) is 0 Å². The van der Waals surface area contributed by atoms with Crippen LogP contribution in [0.4, 0.5) is 0 Å². The number of hydrogen-bond donors (Lipinski definition) is 0. The lowest BCUT2D eigenvalue weighted by molar-refractivity contribution is 1.31. The van der Waals surface area contributed by atoms with E-state index in [1.165, 1.54) is 0 Å². The summed E-state index contributed by atoms with van der Waals surface area (Å²) in [5.41, 5.74) is 2.90. The maximum absolute atomic E-state index is 5.97. The second-order valence-electron chi connectivity index (χ2n) is 3.77. The van der Waals surface area contributed by atoms with Gasteiger partial charge in [0.1, 0.15) is 0 Å². The van der Waals surface area contributed by atoms with Crippen molar-refractivity contribution in [2.75, 3.05) is 0 Å². The minimum atomic E-state index is 0.705. The van der Waals surface area contributed by atoms with Gasteiger partial charge < -0.3 is 0 Å². The van der Waals surface area contributed by atoms with Crippen LogP contribution in [0.1, 0.15) is 0 Å². The first-order chi connectivity index (χ1) is 8.33. The van der Waals surface area contributed by atoms with E-state index in [1.807, 2.05) is 36.4 Å². The summed E-state index contributed by atoms with van der Waals surface area (Å²) in [6, 6.07) is 13.7. The number of pyridine rings is 2. The Kier molecular flexibility index (Phi) is 2.50. The third-order valence-electron chi connectivity index (χ3n) is 2.63. The lowest BCUT2D eigenvalue weighted by Gasteiger charge is -2.03. The molecule has 0 amide bonds. The van der Waals surface area contributed by atoms with Crippen molar-refractivity contribution in [2.45, 2.75) is 0 Å². The molecule has 0 fully saturated rings. The fourth-order valence-corrected chi connectivity index (χ4v) is 1.94. The van der Waals surface area contributed by atoms with Crippen LogP contribution in [-0.2, 0) is 0 Å². The Morgan fingerprint density at radius 2 is 1.65 bits per heavy atom. The summed E-state index contributed by atoms with van der Waals surface area (Å²) >= 11 is 5.97. The van der Waals surface area contributed by atoms with Crippen LogP contribution in [0.15, 0.2) is 54.9 Å². The molecule has 0 spiro atoms. The van der Waals surface area contributed by atoms with Gasteiger partial charge in [0.2, 0.25) is 0 Å². The molecule has 3 rings (SSSR count). The van der Waals surface area contributed by atoms with E-state index < -0.39 is 0 Å². The van der Waals surface area contributed by atoms with Crippen molar-refractivity contribution in [3.63, 3.8) is 0 Å². The molecule has 0 bridgehead atoms. The van der Waals surface area contributed by atoms with E-state index >= 15 is 0 Å². The molecule has 0 aliphatic rings. The van der Waals surface area contributed by atoms with Crippen LogP contribution in [0.3, 0.4) is 0 Å². The molecule has 0 saturated heterocycles. The van der Waals surface area contributed by atoms with Gasteiger partial charge in [-0.1, -0.05) is 23.7 Å². The topological polar surface area (TPSA) is 25.8 Å². The first kappa shape index (κ1) is 10.2. The number of benzene rings is 1. The van der Waals surface area contributed by atoms with Crippen LogP contribution in [0.2, 0.25) is 5.02 Å². The predicted octanol–water partition coefficient (Wildman–Crippen LogP) is 3.95. The maximum Gasteiger partial charge on any atom is 0.0724 e. The quantitative estimate of drug-likeness (QED) is 0.644. The van der Waals surface area contributed by atoms with E-state index in [2.05, 4.69) is 16.0 Å². The molecule has 0 unspecified atom stereocenters. The fourth-order valence-electron chi connectivity index (χ4n) is 1.77. The van der Waals surface area contributed by atoms with Crippen LogP contribution in [0.5, 0.6) is 0 Å². The van der Waals surface area contributed by atoms with Crippen molar-refractivity contribution in [1.29, 1.82) is 0 Å². The molecule has 0 atom stereocenters. The van der Waals surface area contributed by atoms with Gasteiger partial charge in [0.05, 0.1) is 11.2 Å². The molecular weight excluding hydrogens is 232 g/mol. The van der Waals surface area contributed by atoms with E-state index in [1.54, 1.807) is 12.4 Å². The van der Waals surface area contributed by atoms with E-state index in [4.69, 9.17) is 11.6 Å². The highest BCUT2D eigenvalue weighted by Crippen LogP contribution is 2.22. The average Bonchev–Trinajstić information content (AvgIpc) is 2.39. The van der Waals surface area contributed by atoms with Crippen LogP contribution >= 0.6 is 11.6 Å². The van der Waals surface area contributed by atoms with Crippen LogP contribution in [-0.4, -0.2) is 9.97 Å². The molecule has 0 aliphatic carbocycles. The number of rotatable bonds is 1. The molecule has 0 saturated carbocycles. The Morgan fingerprint density at radius 1 is 0.882 bits per heavy atom. The summed E-state index contributed by atoms with van der Waals surface area (Å²) in [5, 5.41) is 1.80. The summed E-state index contributed by atoms with van der Waals surface area (Å²) < 4.78 is 0. The van der Waals surface area contributed by atoms with Gasteiger partial charge in [-0.2, -0.15) is 0 Å². The predicted molar refractivity (Wildman–Crippen MR) is 70.0 cm³/mol. The van der Waals surface area contributed by atoms with E-state index in [0.29, 0.717) is 5.02 Å². The van der Waals surface area contributed by atoms with Crippen LogP contribution in [0.25, 0.3) is 22.2 Å². The first-order valence-electron chi connectivity index (χ1n) is 5.30. The Labute approximate surface area is 104 Å².